The van der Waals surface area contributed by atoms with Crippen LogP contribution in [0, 0.1) is 0 Å². The molecule has 5 nitrogen and oxygen atoms in total. The molecule has 1 aromatic rings. The van der Waals surface area contributed by atoms with Crippen LogP contribution in [0.4, 0.5) is 0 Å². The molecule has 104 valence electrons. The van der Waals surface area contributed by atoms with Crippen LogP contribution in [0.15, 0.2) is 24.3 Å². The smallest absolute Gasteiger partial charge is 0.324 e. The molecular weight excluding hydrogens is 244 g/mol. The summed E-state index contributed by atoms with van der Waals surface area (Å²) in [5.41, 5.74) is 0.0141. The molecule has 1 fully saturated rings. The molecule has 1 aliphatic rings. The third-order valence-electron chi connectivity index (χ3n) is 3.76. The number of nitrogens with one attached hydrogen (secondary N) is 1. The van der Waals surface area contributed by atoms with Crippen LogP contribution in [-0.2, 0) is 11.2 Å². The van der Waals surface area contributed by atoms with Crippen LogP contribution in [-0.4, -0.2) is 52.8 Å². The van der Waals surface area contributed by atoms with Crippen molar-refractivity contribution < 1.29 is 15.0 Å². The van der Waals surface area contributed by atoms with Gasteiger partial charge in [0, 0.05) is 32.6 Å². The summed E-state index contributed by atoms with van der Waals surface area (Å²) >= 11 is 0. The predicted octanol–water partition coefficient (Wildman–Crippen LogP) is 0.683. The van der Waals surface area contributed by atoms with E-state index in [0.717, 1.165) is 31.7 Å². The van der Waals surface area contributed by atoms with Crippen molar-refractivity contribution in [3.8, 4) is 5.75 Å². The highest BCUT2D eigenvalue weighted by molar-refractivity contribution is 5.78. The quantitative estimate of drug-likeness (QED) is 0.746. The SMILES string of the molecule is CC(Cc1ccc(O)cc1)(C(=O)O)N1CCNCC1. The minimum atomic E-state index is -0.904. The van der Waals surface area contributed by atoms with Crippen LogP contribution in [0.3, 0.4) is 0 Å². The van der Waals surface area contributed by atoms with Gasteiger partial charge in [0.15, 0.2) is 0 Å². The number of phenolic OH excluding ortho intramolecular Hbond substituents is 1. The van der Waals surface area contributed by atoms with Gasteiger partial charge < -0.3 is 15.5 Å². The third kappa shape index (κ3) is 3.05. The second kappa shape index (κ2) is 5.59. The van der Waals surface area contributed by atoms with E-state index >= 15 is 0 Å². The van der Waals surface area contributed by atoms with Gasteiger partial charge >= 0.3 is 5.97 Å². The molecule has 2 rings (SSSR count). The van der Waals surface area contributed by atoms with E-state index in [1.165, 1.54) is 0 Å². The Morgan fingerprint density at radius 3 is 2.42 bits per heavy atom. The second-order valence-electron chi connectivity index (χ2n) is 5.16. The summed E-state index contributed by atoms with van der Waals surface area (Å²) in [5, 5.41) is 22.1. The van der Waals surface area contributed by atoms with Crippen LogP contribution < -0.4 is 5.32 Å². The number of carboxylic acid groups (broad SMARTS) is 1. The van der Waals surface area contributed by atoms with E-state index in [1.807, 2.05) is 4.90 Å². The Kier molecular flexibility index (Phi) is 4.07. The summed E-state index contributed by atoms with van der Waals surface area (Å²) in [7, 11) is 0. The minimum Gasteiger partial charge on any atom is -0.508 e. The second-order valence-corrected chi connectivity index (χ2v) is 5.16. The van der Waals surface area contributed by atoms with Gasteiger partial charge in [-0.2, -0.15) is 0 Å². The summed E-state index contributed by atoms with van der Waals surface area (Å²) in [6, 6.07) is 6.74. The van der Waals surface area contributed by atoms with Gasteiger partial charge in [0.25, 0.3) is 0 Å². The lowest BCUT2D eigenvalue weighted by atomic mass is 9.90. The monoisotopic (exact) mass is 264 g/mol. The van der Waals surface area contributed by atoms with E-state index in [0.29, 0.717) is 6.42 Å². The highest BCUT2D eigenvalue weighted by atomic mass is 16.4. The van der Waals surface area contributed by atoms with Crippen molar-refractivity contribution in [1.82, 2.24) is 10.2 Å². The molecule has 1 aromatic carbocycles. The molecule has 3 N–H and O–H groups in total. The summed E-state index contributed by atoms with van der Waals surface area (Å²) < 4.78 is 0. The Balaban J connectivity index is 2.18. The fourth-order valence-electron chi connectivity index (χ4n) is 2.49. The standard InChI is InChI=1S/C14H20N2O3/c1-14(13(18)19,16-8-6-15-7-9-16)10-11-2-4-12(17)5-3-11/h2-5,15,17H,6-10H2,1H3,(H,18,19). The Hall–Kier alpha value is -1.59. The maximum Gasteiger partial charge on any atom is 0.324 e. The van der Waals surface area contributed by atoms with Crippen molar-refractivity contribution in [2.24, 2.45) is 0 Å². The molecule has 0 bridgehead atoms. The van der Waals surface area contributed by atoms with E-state index in [-0.39, 0.29) is 5.75 Å². The van der Waals surface area contributed by atoms with Crippen LogP contribution in [0.2, 0.25) is 0 Å². The van der Waals surface area contributed by atoms with Gasteiger partial charge in [-0.3, -0.25) is 9.69 Å². The lowest BCUT2D eigenvalue weighted by Gasteiger charge is -2.40. The van der Waals surface area contributed by atoms with Gasteiger partial charge in [-0.15, -0.1) is 0 Å². The van der Waals surface area contributed by atoms with Crippen molar-refractivity contribution in [3.05, 3.63) is 29.8 Å². The van der Waals surface area contributed by atoms with Crippen LogP contribution in [0.1, 0.15) is 12.5 Å². The van der Waals surface area contributed by atoms with Crippen LogP contribution in [0.5, 0.6) is 5.75 Å². The molecule has 1 aliphatic heterocycles. The fourth-order valence-corrected chi connectivity index (χ4v) is 2.49. The number of hydrogen-bond acceptors (Lipinski definition) is 4. The van der Waals surface area contributed by atoms with Gasteiger partial charge in [0.1, 0.15) is 11.3 Å². The molecule has 1 heterocycles. The molecule has 0 aromatic heterocycles. The van der Waals surface area contributed by atoms with Crippen molar-refractivity contribution in [2.75, 3.05) is 26.2 Å². The van der Waals surface area contributed by atoms with E-state index in [1.54, 1.807) is 31.2 Å². The van der Waals surface area contributed by atoms with E-state index in [2.05, 4.69) is 5.32 Å². The summed E-state index contributed by atoms with van der Waals surface area (Å²) in [6.07, 6.45) is 0.433. The van der Waals surface area contributed by atoms with Crippen molar-refractivity contribution in [3.63, 3.8) is 0 Å². The number of aromatic hydroxyl groups is 1. The van der Waals surface area contributed by atoms with Gasteiger partial charge in [-0.05, 0) is 24.6 Å². The number of carbonyl (C=O) groups is 1. The largest absolute Gasteiger partial charge is 0.508 e. The zero-order valence-corrected chi connectivity index (χ0v) is 11.1. The first-order valence-electron chi connectivity index (χ1n) is 6.49. The lowest BCUT2D eigenvalue weighted by Crippen LogP contribution is -2.59. The van der Waals surface area contributed by atoms with Gasteiger partial charge in [-0.25, -0.2) is 0 Å². The molecular formula is C14H20N2O3. The average Bonchev–Trinajstić information content (AvgIpc) is 2.42. The summed E-state index contributed by atoms with van der Waals surface area (Å²) in [5.74, 6) is -0.606. The number of piperazine rings is 1. The number of hydrogen-bond donors (Lipinski definition) is 3. The van der Waals surface area contributed by atoms with Gasteiger partial charge in [0.2, 0.25) is 0 Å². The van der Waals surface area contributed by atoms with Crippen molar-refractivity contribution in [1.29, 1.82) is 0 Å². The zero-order chi connectivity index (χ0) is 13.9. The third-order valence-corrected chi connectivity index (χ3v) is 3.76. The summed E-state index contributed by atoms with van der Waals surface area (Å²) in [6.45, 7) is 4.88. The molecule has 0 spiro atoms. The number of rotatable bonds is 4. The van der Waals surface area contributed by atoms with Gasteiger partial charge in [0.05, 0.1) is 0 Å². The number of phenols is 1. The highest BCUT2D eigenvalue weighted by Crippen LogP contribution is 2.23. The van der Waals surface area contributed by atoms with E-state index < -0.39 is 11.5 Å². The zero-order valence-electron chi connectivity index (χ0n) is 11.1. The lowest BCUT2D eigenvalue weighted by molar-refractivity contribution is -0.151. The van der Waals surface area contributed by atoms with Crippen LogP contribution >= 0.6 is 0 Å². The predicted molar refractivity (Wildman–Crippen MR) is 72.3 cm³/mol. The van der Waals surface area contributed by atoms with Crippen molar-refractivity contribution in [2.45, 2.75) is 18.9 Å². The van der Waals surface area contributed by atoms with Crippen LogP contribution in [0.25, 0.3) is 0 Å². The average molecular weight is 264 g/mol. The number of nitrogens with zero attached hydrogens (tertiary/aromatic N) is 1. The molecule has 0 aliphatic carbocycles. The molecule has 0 radical (unpaired) electrons. The normalized spacial score (nSPS) is 19.8. The first-order valence-corrected chi connectivity index (χ1v) is 6.49. The Morgan fingerprint density at radius 1 is 1.32 bits per heavy atom. The maximum atomic E-state index is 11.7. The molecule has 1 atom stereocenters. The Bertz CT molecular complexity index is 441. The first kappa shape index (κ1) is 13.8. The number of carboxylic acids is 1. The fraction of sp³-hybridized carbons (Fsp3) is 0.500. The molecule has 1 unspecified atom stereocenters. The molecule has 0 saturated carbocycles. The molecule has 19 heavy (non-hydrogen) atoms. The first-order chi connectivity index (χ1) is 9.02. The molecule has 0 amide bonds. The van der Waals surface area contributed by atoms with Crippen molar-refractivity contribution >= 4 is 5.97 Å². The molecule has 5 heteroatoms. The van der Waals surface area contributed by atoms with E-state index in [9.17, 15) is 15.0 Å². The Morgan fingerprint density at radius 2 is 1.89 bits per heavy atom. The van der Waals surface area contributed by atoms with Gasteiger partial charge in [-0.1, -0.05) is 12.1 Å². The number of aliphatic carboxylic acids is 1. The van der Waals surface area contributed by atoms with E-state index in [4.69, 9.17) is 0 Å². The highest BCUT2D eigenvalue weighted by Gasteiger charge is 2.39. The number of benzene rings is 1. The molecule has 1 saturated heterocycles. The Labute approximate surface area is 112 Å². The maximum absolute atomic E-state index is 11.7. The minimum absolute atomic E-state index is 0.197. The topological polar surface area (TPSA) is 72.8 Å². The summed E-state index contributed by atoms with van der Waals surface area (Å²) in [4.78, 5) is 13.7.